The third-order valence-corrected chi connectivity index (χ3v) is 1.96. The van der Waals surface area contributed by atoms with Gasteiger partial charge in [0.1, 0.15) is 5.69 Å². The minimum absolute atomic E-state index is 0.129. The van der Waals surface area contributed by atoms with Crippen LogP contribution in [0.1, 0.15) is 19.4 Å². The highest BCUT2D eigenvalue weighted by Crippen LogP contribution is 2.30. The number of nitrogens with zero attached hydrogens (tertiary/aromatic N) is 3. The van der Waals surface area contributed by atoms with E-state index in [2.05, 4.69) is 20.5 Å². The second-order valence-electron chi connectivity index (χ2n) is 3.83. The van der Waals surface area contributed by atoms with Crippen molar-refractivity contribution < 1.29 is 0 Å². The molecule has 1 aliphatic heterocycles. The molecule has 0 aliphatic carbocycles. The topological polar surface area (TPSA) is 50.2 Å². The molecule has 2 rings (SSSR count). The van der Waals surface area contributed by atoms with Gasteiger partial charge in [-0.25, -0.2) is 0 Å². The van der Waals surface area contributed by atoms with Crippen molar-refractivity contribution in [2.45, 2.75) is 26.3 Å². The lowest BCUT2D eigenvalue weighted by Crippen LogP contribution is -2.35. The zero-order chi connectivity index (χ0) is 9.47. The van der Waals surface area contributed by atoms with E-state index in [0.717, 1.165) is 17.1 Å². The summed E-state index contributed by atoms with van der Waals surface area (Å²) in [5, 5.41) is 11.1. The van der Waals surface area contributed by atoms with Gasteiger partial charge in [0, 0.05) is 6.21 Å². The highest BCUT2D eigenvalue weighted by molar-refractivity contribution is 5.85. The molecule has 1 aromatic heterocycles. The Kier molecular flexibility index (Phi) is 1.58. The van der Waals surface area contributed by atoms with E-state index in [-0.39, 0.29) is 5.54 Å². The summed E-state index contributed by atoms with van der Waals surface area (Å²) in [6.45, 7) is 6.07. The first kappa shape index (κ1) is 8.16. The SMILES string of the molecule is Cc1cnnc2c1N=CC(C)(C)N2. The number of rotatable bonds is 0. The predicted molar refractivity (Wildman–Crippen MR) is 52.6 cm³/mol. The van der Waals surface area contributed by atoms with E-state index >= 15 is 0 Å². The number of aliphatic imine (C=N–C) groups is 1. The highest BCUT2D eigenvalue weighted by atomic mass is 15.2. The standard InChI is InChI=1S/C9H12N4/c1-6-4-11-13-8-7(6)10-5-9(2,3)12-8/h4-5H,1-3H3,(H,12,13). The van der Waals surface area contributed by atoms with Crippen LogP contribution in [0.3, 0.4) is 0 Å². The molecule has 0 unspecified atom stereocenters. The van der Waals surface area contributed by atoms with Crippen molar-refractivity contribution in [3.8, 4) is 0 Å². The molecule has 0 saturated carbocycles. The first-order chi connectivity index (χ1) is 6.08. The maximum atomic E-state index is 4.36. The lowest BCUT2D eigenvalue weighted by Gasteiger charge is -2.26. The fourth-order valence-corrected chi connectivity index (χ4v) is 1.28. The first-order valence-electron chi connectivity index (χ1n) is 4.24. The number of nitrogens with one attached hydrogen (secondary N) is 1. The molecule has 13 heavy (non-hydrogen) atoms. The Labute approximate surface area is 77.1 Å². The van der Waals surface area contributed by atoms with Gasteiger partial charge in [0.15, 0.2) is 5.82 Å². The molecule has 0 atom stereocenters. The minimum Gasteiger partial charge on any atom is -0.357 e. The number of aryl methyl sites for hydroxylation is 1. The number of anilines is 1. The van der Waals surface area contributed by atoms with Gasteiger partial charge in [0.2, 0.25) is 0 Å². The van der Waals surface area contributed by atoms with Crippen LogP contribution in [0.25, 0.3) is 0 Å². The summed E-state index contributed by atoms with van der Waals surface area (Å²) in [4.78, 5) is 4.36. The fraction of sp³-hybridized carbons (Fsp3) is 0.444. The number of hydrogen-bond donors (Lipinski definition) is 1. The van der Waals surface area contributed by atoms with Crippen LogP contribution in [0, 0.1) is 6.92 Å². The second kappa shape index (κ2) is 2.52. The molecular formula is C9H12N4. The average molecular weight is 176 g/mol. The summed E-state index contributed by atoms with van der Waals surface area (Å²) >= 11 is 0. The molecular weight excluding hydrogens is 164 g/mol. The van der Waals surface area contributed by atoms with Crippen LogP contribution >= 0.6 is 0 Å². The van der Waals surface area contributed by atoms with Gasteiger partial charge < -0.3 is 5.32 Å². The van der Waals surface area contributed by atoms with E-state index in [4.69, 9.17) is 0 Å². The van der Waals surface area contributed by atoms with Crippen molar-refractivity contribution in [3.63, 3.8) is 0 Å². The number of fused-ring (bicyclic) bond motifs is 1. The van der Waals surface area contributed by atoms with Gasteiger partial charge in [-0.2, -0.15) is 5.10 Å². The van der Waals surface area contributed by atoms with Gasteiger partial charge in [0.25, 0.3) is 0 Å². The van der Waals surface area contributed by atoms with E-state index in [1.807, 2.05) is 27.0 Å². The quantitative estimate of drug-likeness (QED) is 0.654. The zero-order valence-corrected chi connectivity index (χ0v) is 8.00. The van der Waals surface area contributed by atoms with Crippen molar-refractivity contribution in [3.05, 3.63) is 11.8 Å². The number of aromatic nitrogens is 2. The van der Waals surface area contributed by atoms with E-state index in [9.17, 15) is 0 Å². The molecule has 1 N–H and O–H groups in total. The van der Waals surface area contributed by atoms with Crippen LogP contribution in [0.15, 0.2) is 11.2 Å². The Balaban J connectivity index is 2.53. The van der Waals surface area contributed by atoms with Gasteiger partial charge in [-0.3, -0.25) is 4.99 Å². The molecule has 4 nitrogen and oxygen atoms in total. The molecule has 1 aliphatic rings. The van der Waals surface area contributed by atoms with Gasteiger partial charge in [-0.1, -0.05) is 0 Å². The molecule has 0 saturated heterocycles. The summed E-state index contributed by atoms with van der Waals surface area (Å²) < 4.78 is 0. The van der Waals surface area contributed by atoms with Crippen molar-refractivity contribution >= 4 is 17.7 Å². The van der Waals surface area contributed by atoms with Crippen LogP contribution in [-0.4, -0.2) is 22.0 Å². The molecule has 0 spiro atoms. The van der Waals surface area contributed by atoms with Crippen LogP contribution < -0.4 is 5.32 Å². The third-order valence-electron chi connectivity index (χ3n) is 1.96. The van der Waals surface area contributed by atoms with E-state index < -0.39 is 0 Å². The maximum Gasteiger partial charge on any atom is 0.175 e. The van der Waals surface area contributed by atoms with Gasteiger partial charge in [-0.15, -0.1) is 5.10 Å². The van der Waals surface area contributed by atoms with Crippen LogP contribution in [-0.2, 0) is 0 Å². The predicted octanol–water partition coefficient (Wildman–Crippen LogP) is 1.69. The van der Waals surface area contributed by atoms with Gasteiger partial charge in [0.05, 0.1) is 11.7 Å². The summed E-state index contributed by atoms with van der Waals surface area (Å²) in [7, 11) is 0. The molecule has 0 amide bonds. The highest BCUT2D eigenvalue weighted by Gasteiger charge is 2.22. The molecule has 4 heteroatoms. The van der Waals surface area contributed by atoms with E-state index in [1.54, 1.807) is 6.20 Å². The van der Waals surface area contributed by atoms with Crippen LogP contribution in [0.4, 0.5) is 11.5 Å². The van der Waals surface area contributed by atoms with Crippen molar-refractivity contribution in [1.82, 2.24) is 10.2 Å². The molecule has 0 fully saturated rings. The third kappa shape index (κ3) is 1.39. The Bertz CT molecular complexity index is 368. The molecule has 0 bridgehead atoms. The summed E-state index contributed by atoms with van der Waals surface area (Å²) in [5.74, 6) is 0.771. The first-order valence-corrected chi connectivity index (χ1v) is 4.24. The molecule has 1 aromatic rings. The van der Waals surface area contributed by atoms with E-state index in [0.29, 0.717) is 0 Å². The van der Waals surface area contributed by atoms with Crippen molar-refractivity contribution in [2.75, 3.05) is 5.32 Å². The summed E-state index contributed by atoms with van der Waals surface area (Å²) in [6, 6.07) is 0. The summed E-state index contributed by atoms with van der Waals surface area (Å²) in [5.41, 5.74) is 1.81. The molecule has 0 aromatic carbocycles. The smallest absolute Gasteiger partial charge is 0.175 e. The monoisotopic (exact) mass is 176 g/mol. The Morgan fingerprint density at radius 2 is 2.15 bits per heavy atom. The summed E-state index contributed by atoms with van der Waals surface area (Å²) in [6.07, 6.45) is 3.61. The zero-order valence-electron chi connectivity index (χ0n) is 8.00. The van der Waals surface area contributed by atoms with Crippen LogP contribution in [0.5, 0.6) is 0 Å². The normalized spacial score (nSPS) is 17.8. The Morgan fingerprint density at radius 1 is 1.38 bits per heavy atom. The Morgan fingerprint density at radius 3 is 2.92 bits per heavy atom. The van der Waals surface area contributed by atoms with Crippen molar-refractivity contribution in [1.29, 1.82) is 0 Å². The fourth-order valence-electron chi connectivity index (χ4n) is 1.28. The maximum absolute atomic E-state index is 4.36. The van der Waals surface area contributed by atoms with Gasteiger partial charge >= 0.3 is 0 Å². The average Bonchev–Trinajstić information content (AvgIpc) is 2.02. The number of hydrogen-bond acceptors (Lipinski definition) is 4. The minimum atomic E-state index is -0.129. The van der Waals surface area contributed by atoms with Gasteiger partial charge in [-0.05, 0) is 26.3 Å². The molecule has 0 radical (unpaired) electrons. The molecule has 2 heterocycles. The molecule has 68 valence electrons. The lowest BCUT2D eigenvalue weighted by molar-refractivity contribution is 0.754. The van der Waals surface area contributed by atoms with Crippen LogP contribution in [0.2, 0.25) is 0 Å². The van der Waals surface area contributed by atoms with E-state index in [1.165, 1.54) is 0 Å². The second-order valence-corrected chi connectivity index (χ2v) is 3.83. The Hall–Kier alpha value is -1.45. The largest absolute Gasteiger partial charge is 0.357 e. The lowest BCUT2D eigenvalue weighted by atomic mass is 10.1. The van der Waals surface area contributed by atoms with Crippen molar-refractivity contribution in [2.24, 2.45) is 4.99 Å².